The summed E-state index contributed by atoms with van der Waals surface area (Å²) >= 11 is 0. The number of anilines is 1. The fourth-order valence-corrected chi connectivity index (χ4v) is 0.757. The van der Waals surface area contributed by atoms with E-state index in [1.54, 1.807) is 0 Å². The number of aryl methyl sites for hydroxylation is 1. The minimum absolute atomic E-state index is 0.190. The van der Waals surface area contributed by atoms with E-state index in [0.717, 1.165) is 12.1 Å². The lowest BCUT2D eigenvalue weighted by Gasteiger charge is -1.99. The topological polar surface area (TPSA) is 83.8 Å². The fourth-order valence-electron chi connectivity index (χ4n) is 0.757. The van der Waals surface area contributed by atoms with Crippen LogP contribution >= 0.6 is 0 Å². The van der Waals surface area contributed by atoms with E-state index < -0.39 is 0 Å². The number of rotatable bonds is 2. The van der Waals surface area contributed by atoms with Gasteiger partial charge in [0, 0.05) is 11.8 Å². The van der Waals surface area contributed by atoms with Gasteiger partial charge in [0.2, 0.25) is 5.95 Å². The van der Waals surface area contributed by atoms with Crippen LogP contribution in [0, 0.1) is 0 Å². The van der Waals surface area contributed by atoms with Crippen LogP contribution in [0.4, 0.5) is 5.95 Å². The lowest BCUT2D eigenvalue weighted by Crippen LogP contribution is -2.17. The summed E-state index contributed by atoms with van der Waals surface area (Å²) in [5.41, 5.74) is 2.81. The second-order valence-corrected chi connectivity index (χ2v) is 2.08. The summed E-state index contributed by atoms with van der Waals surface area (Å²) in [6.07, 6.45) is 0.721. The molecule has 0 spiro atoms. The van der Waals surface area contributed by atoms with E-state index >= 15 is 0 Å². The van der Waals surface area contributed by atoms with Crippen molar-refractivity contribution in [2.24, 2.45) is 5.84 Å². The van der Waals surface area contributed by atoms with Crippen molar-refractivity contribution in [3.63, 3.8) is 0 Å². The molecule has 0 aromatic carbocycles. The summed E-state index contributed by atoms with van der Waals surface area (Å²) in [7, 11) is 0. The summed E-state index contributed by atoms with van der Waals surface area (Å²) in [4.78, 5) is 17.2. The highest BCUT2D eigenvalue weighted by molar-refractivity contribution is 5.22. The van der Waals surface area contributed by atoms with Gasteiger partial charge in [0.1, 0.15) is 0 Å². The zero-order valence-corrected chi connectivity index (χ0v) is 6.22. The molecule has 1 heterocycles. The summed E-state index contributed by atoms with van der Waals surface area (Å²) in [5.74, 6) is 5.36. The molecule has 5 heteroatoms. The molecule has 0 saturated carbocycles. The van der Waals surface area contributed by atoms with Gasteiger partial charge in [-0.15, -0.1) is 0 Å². The number of aromatic nitrogens is 2. The third-order valence-electron chi connectivity index (χ3n) is 1.29. The highest BCUT2D eigenvalue weighted by Crippen LogP contribution is 1.94. The number of nitrogens with zero attached hydrogens (tertiary/aromatic N) is 1. The van der Waals surface area contributed by atoms with Crippen molar-refractivity contribution in [2.45, 2.75) is 13.3 Å². The molecule has 60 valence electrons. The zero-order valence-electron chi connectivity index (χ0n) is 6.22. The van der Waals surface area contributed by atoms with Crippen molar-refractivity contribution in [1.82, 2.24) is 9.97 Å². The van der Waals surface area contributed by atoms with Crippen molar-refractivity contribution >= 4 is 5.95 Å². The Labute approximate surface area is 63.6 Å². The van der Waals surface area contributed by atoms with Gasteiger partial charge < -0.3 is 0 Å². The molecule has 0 amide bonds. The molecule has 0 atom stereocenters. The van der Waals surface area contributed by atoms with Crippen molar-refractivity contribution in [3.05, 3.63) is 22.1 Å². The number of nitrogens with two attached hydrogens (primary N) is 1. The number of hydrogen-bond donors (Lipinski definition) is 3. The van der Waals surface area contributed by atoms with E-state index in [9.17, 15) is 4.79 Å². The van der Waals surface area contributed by atoms with Gasteiger partial charge in [0.15, 0.2) is 0 Å². The third-order valence-corrected chi connectivity index (χ3v) is 1.29. The van der Waals surface area contributed by atoms with Crippen LogP contribution in [0.5, 0.6) is 0 Å². The molecule has 0 aliphatic heterocycles. The first-order valence-corrected chi connectivity index (χ1v) is 3.33. The van der Waals surface area contributed by atoms with E-state index in [1.165, 1.54) is 6.07 Å². The van der Waals surface area contributed by atoms with Gasteiger partial charge in [0.25, 0.3) is 5.56 Å². The highest BCUT2D eigenvalue weighted by atomic mass is 16.1. The average molecular weight is 154 g/mol. The Kier molecular flexibility index (Phi) is 2.22. The van der Waals surface area contributed by atoms with Crippen LogP contribution in [0.3, 0.4) is 0 Å². The maximum Gasteiger partial charge on any atom is 0.252 e. The molecule has 0 aliphatic rings. The lowest BCUT2D eigenvalue weighted by molar-refractivity contribution is 0.973. The number of nitrogen functional groups attached to an aromatic ring is 1. The number of hydrogen-bond acceptors (Lipinski definition) is 4. The Balaban J connectivity index is 3.12. The monoisotopic (exact) mass is 154 g/mol. The van der Waals surface area contributed by atoms with E-state index in [1.807, 2.05) is 6.92 Å². The average Bonchev–Trinajstić information content (AvgIpc) is 2.03. The standard InChI is InChI=1S/C6H10N4O/c1-2-4-3-5(11)9-6(8-4)10-7/h3H,2,7H2,1H3,(H2,8,9,10,11). The van der Waals surface area contributed by atoms with Crippen molar-refractivity contribution in [2.75, 3.05) is 5.43 Å². The molecule has 11 heavy (non-hydrogen) atoms. The van der Waals surface area contributed by atoms with Crippen molar-refractivity contribution < 1.29 is 0 Å². The van der Waals surface area contributed by atoms with E-state index in [2.05, 4.69) is 15.4 Å². The van der Waals surface area contributed by atoms with Crippen molar-refractivity contribution in [1.29, 1.82) is 0 Å². The number of H-pyrrole nitrogens is 1. The van der Waals surface area contributed by atoms with Gasteiger partial charge >= 0.3 is 0 Å². The quantitative estimate of drug-likeness (QED) is 0.400. The Morgan fingerprint density at radius 2 is 2.55 bits per heavy atom. The summed E-state index contributed by atoms with van der Waals surface area (Å²) in [5, 5.41) is 0. The predicted molar refractivity (Wildman–Crippen MR) is 42.0 cm³/mol. The maximum atomic E-state index is 10.8. The molecule has 0 fully saturated rings. The van der Waals surface area contributed by atoms with E-state index in [0.29, 0.717) is 5.95 Å². The molecule has 4 N–H and O–H groups in total. The van der Waals surface area contributed by atoms with E-state index in [4.69, 9.17) is 5.84 Å². The largest absolute Gasteiger partial charge is 0.294 e. The SMILES string of the molecule is CCc1cc(=O)[nH]c(NN)n1. The zero-order chi connectivity index (χ0) is 8.27. The highest BCUT2D eigenvalue weighted by Gasteiger charge is 1.95. The summed E-state index contributed by atoms with van der Waals surface area (Å²) in [6, 6.07) is 1.45. The lowest BCUT2D eigenvalue weighted by atomic mass is 10.3. The summed E-state index contributed by atoms with van der Waals surface area (Å²) < 4.78 is 0. The third kappa shape index (κ3) is 1.78. The Morgan fingerprint density at radius 1 is 1.82 bits per heavy atom. The van der Waals surface area contributed by atoms with Crippen LogP contribution in [0.1, 0.15) is 12.6 Å². The molecule has 5 nitrogen and oxygen atoms in total. The van der Waals surface area contributed by atoms with Crippen LogP contribution in [-0.4, -0.2) is 9.97 Å². The van der Waals surface area contributed by atoms with Crippen LogP contribution in [0.25, 0.3) is 0 Å². The van der Waals surface area contributed by atoms with Crippen LogP contribution in [-0.2, 0) is 6.42 Å². The maximum absolute atomic E-state index is 10.8. The second kappa shape index (κ2) is 3.16. The molecular weight excluding hydrogens is 144 g/mol. The van der Waals surface area contributed by atoms with Gasteiger partial charge in [-0.3, -0.25) is 15.2 Å². The molecule has 0 bridgehead atoms. The van der Waals surface area contributed by atoms with Gasteiger partial charge in [-0.2, -0.15) is 0 Å². The number of aromatic amines is 1. The number of hydrazine groups is 1. The van der Waals surface area contributed by atoms with Crippen LogP contribution < -0.4 is 16.8 Å². The predicted octanol–water partition coefficient (Wildman–Crippen LogP) is -0.382. The Bertz CT molecular complexity index is 268. The first kappa shape index (κ1) is 7.74. The normalized spacial score (nSPS) is 9.64. The van der Waals surface area contributed by atoms with Gasteiger partial charge in [-0.05, 0) is 6.42 Å². The first-order valence-electron chi connectivity index (χ1n) is 3.33. The molecule has 0 aliphatic carbocycles. The molecule has 0 saturated heterocycles. The van der Waals surface area contributed by atoms with E-state index in [-0.39, 0.29) is 5.56 Å². The minimum Gasteiger partial charge on any atom is -0.294 e. The molecule has 1 aromatic rings. The first-order chi connectivity index (χ1) is 5.26. The van der Waals surface area contributed by atoms with Crippen LogP contribution in [0.2, 0.25) is 0 Å². The molecule has 0 unspecified atom stereocenters. The summed E-state index contributed by atoms with van der Waals surface area (Å²) in [6.45, 7) is 1.92. The van der Waals surface area contributed by atoms with Gasteiger partial charge in [0.05, 0.1) is 0 Å². The van der Waals surface area contributed by atoms with Gasteiger partial charge in [-0.25, -0.2) is 10.8 Å². The molecular formula is C6H10N4O. The molecule has 1 aromatic heterocycles. The second-order valence-electron chi connectivity index (χ2n) is 2.08. The Morgan fingerprint density at radius 3 is 3.09 bits per heavy atom. The van der Waals surface area contributed by atoms with Crippen LogP contribution in [0.15, 0.2) is 10.9 Å². The molecule has 0 radical (unpaired) electrons. The van der Waals surface area contributed by atoms with Gasteiger partial charge in [-0.1, -0.05) is 6.92 Å². The number of nitrogens with one attached hydrogen (secondary N) is 2. The molecule has 1 rings (SSSR count). The smallest absolute Gasteiger partial charge is 0.252 e. The minimum atomic E-state index is -0.190. The van der Waals surface area contributed by atoms with Crippen molar-refractivity contribution in [3.8, 4) is 0 Å². The Hall–Kier alpha value is -1.36. The fraction of sp³-hybridized carbons (Fsp3) is 0.333.